The van der Waals surface area contributed by atoms with Gasteiger partial charge in [-0.25, -0.2) is 26.4 Å². The van der Waals surface area contributed by atoms with Crippen LogP contribution in [-0.2, 0) is 21.4 Å². The van der Waals surface area contributed by atoms with Gasteiger partial charge in [-0.2, -0.15) is 4.31 Å². The van der Waals surface area contributed by atoms with Gasteiger partial charge in [0.15, 0.2) is 6.61 Å². The summed E-state index contributed by atoms with van der Waals surface area (Å²) in [5, 5.41) is 8.89. The van der Waals surface area contributed by atoms with E-state index in [0.29, 0.717) is 0 Å². The molecule has 0 heterocycles. The van der Waals surface area contributed by atoms with Gasteiger partial charge >= 0.3 is 5.97 Å². The highest BCUT2D eigenvalue weighted by molar-refractivity contribution is 7.89. The van der Waals surface area contributed by atoms with Crippen LogP contribution in [0.2, 0.25) is 0 Å². The third kappa shape index (κ3) is 5.62. The van der Waals surface area contributed by atoms with E-state index in [9.17, 15) is 26.4 Å². The first-order chi connectivity index (χ1) is 15.5. The summed E-state index contributed by atoms with van der Waals surface area (Å²) in [5.41, 5.74) is 5.95. The summed E-state index contributed by atoms with van der Waals surface area (Å²) in [6, 6.07) is 9.82. The Morgan fingerprint density at radius 3 is 2.30 bits per heavy atom. The molecule has 0 saturated heterocycles. The van der Waals surface area contributed by atoms with Gasteiger partial charge in [-0.05, 0) is 54.1 Å². The minimum Gasteiger partial charge on any atom is -0.481 e. The Kier molecular flexibility index (Phi) is 6.94. The number of halogens is 3. The normalized spacial score (nSPS) is 11.5. The van der Waals surface area contributed by atoms with Crippen LogP contribution in [0.15, 0.2) is 59.5 Å². The van der Waals surface area contributed by atoms with Crippen molar-refractivity contribution in [2.24, 2.45) is 0 Å². The molecule has 11 heteroatoms. The van der Waals surface area contributed by atoms with E-state index < -0.39 is 46.6 Å². The van der Waals surface area contributed by atoms with E-state index in [0.717, 1.165) is 46.8 Å². The van der Waals surface area contributed by atoms with Crippen LogP contribution in [0.25, 0.3) is 11.1 Å². The molecular weight excluding hydrogens is 461 g/mol. The molecule has 3 aromatic carbocycles. The Balaban J connectivity index is 2.03. The molecule has 0 aliphatic carbocycles. The van der Waals surface area contributed by atoms with Crippen LogP contribution in [-0.4, -0.2) is 37.5 Å². The summed E-state index contributed by atoms with van der Waals surface area (Å²) in [6.07, 6.45) is 0. The van der Waals surface area contributed by atoms with Crippen molar-refractivity contribution in [3.8, 4) is 16.9 Å². The number of nitrogen functional groups attached to an aromatic ring is 1. The lowest BCUT2D eigenvalue weighted by Crippen LogP contribution is -2.27. The monoisotopic (exact) mass is 480 g/mol. The number of ether oxygens (including phenoxy) is 1. The van der Waals surface area contributed by atoms with Crippen LogP contribution in [0.3, 0.4) is 0 Å². The molecule has 0 aliphatic rings. The molecule has 0 aliphatic heterocycles. The third-order valence-electron chi connectivity index (χ3n) is 4.65. The molecule has 0 bridgehead atoms. The Hall–Kier alpha value is -3.57. The maximum absolute atomic E-state index is 14.8. The molecule has 174 valence electrons. The number of anilines is 1. The van der Waals surface area contributed by atoms with E-state index in [1.165, 1.54) is 19.2 Å². The minimum absolute atomic E-state index is 0.0658. The summed E-state index contributed by atoms with van der Waals surface area (Å²) >= 11 is 0. The van der Waals surface area contributed by atoms with E-state index in [1.807, 2.05) is 0 Å². The smallest absolute Gasteiger partial charge is 0.341 e. The van der Waals surface area contributed by atoms with E-state index in [1.54, 1.807) is 0 Å². The van der Waals surface area contributed by atoms with Gasteiger partial charge in [0.2, 0.25) is 10.0 Å². The van der Waals surface area contributed by atoms with Crippen molar-refractivity contribution in [2.75, 3.05) is 19.4 Å². The molecule has 3 rings (SSSR count). The zero-order valence-corrected chi connectivity index (χ0v) is 18.1. The first-order valence-electron chi connectivity index (χ1n) is 9.42. The number of carbonyl (C=O) groups is 1. The van der Waals surface area contributed by atoms with Gasteiger partial charge in [-0.3, -0.25) is 0 Å². The molecule has 33 heavy (non-hydrogen) atoms. The van der Waals surface area contributed by atoms with Crippen LogP contribution >= 0.6 is 0 Å². The number of hydrogen-bond acceptors (Lipinski definition) is 5. The van der Waals surface area contributed by atoms with Gasteiger partial charge in [0, 0.05) is 36.5 Å². The van der Waals surface area contributed by atoms with Crippen molar-refractivity contribution in [1.29, 1.82) is 0 Å². The number of aliphatic carboxylic acids is 1. The maximum atomic E-state index is 14.8. The SMILES string of the molecule is CN(Cc1cc(-c2cc(N)cc(F)c2)c(OCC(=O)O)cc1F)S(=O)(=O)c1ccc(F)cc1. The highest BCUT2D eigenvalue weighted by Gasteiger charge is 2.23. The predicted molar refractivity (Wildman–Crippen MR) is 114 cm³/mol. The highest BCUT2D eigenvalue weighted by Crippen LogP contribution is 2.35. The fraction of sp³-hybridized carbons (Fsp3) is 0.136. The zero-order chi connectivity index (χ0) is 24.3. The Labute approximate surface area is 187 Å². The van der Waals surface area contributed by atoms with E-state index in [4.69, 9.17) is 15.6 Å². The van der Waals surface area contributed by atoms with Crippen molar-refractivity contribution < 1.29 is 36.2 Å². The molecule has 7 nitrogen and oxygen atoms in total. The number of hydrogen-bond donors (Lipinski definition) is 2. The van der Waals surface area contributed by atoms with Gasteiger partial charge in [0.1, 0.15) is 23.2 Å². The fourth-order valence-electron chi connectivity index (χ4n) is 3.08. The first-order valence-corrected chi connectivity index (χ1v) is 10.9. The summed E-state index contributed by atoms with van der Waals surface area (Å²) < 4.78 is 73.5. The average molecular weight is 480 g/mol. The number of carboxylic acids is 1. The van der Waals surface area contributed by atoms with Gasteiger partial charge in [-0.15, -0.1) is 0 Å². The van der Waals surface area contributed by atoms with Gasteiger partial charge in [0.05, 0.1) is 4.90 Å². The van der Waals surface area contributed by atoms with Gasteiger partial charge in [-0.1, -0.05) is 0 Å². The average Bonchev–Trinajstić information content (AvgIpc) is 2.73. The standard InChI is InChI=1S/C22H19F3N2O5S/c1-27(33(30,31)18-4-2-15(23)3-5-18)11-14-8-19(13-6-16(24)9-17(26)7-13)21(10-20(14)25)32-12-22(28)29/h2-10H,11-12,26H2,1H3,(H,28,29). The van der Waals surface area contributed by atoms with Crippen LogP contribution < -0.4 is 10.5 Å². The van der Waals surface area contributed by atoms with Crippen molar-refractivity contribution in [3.63, 3.8) is 0 Å². The summed E-state index contributed by atoms with van der Waals surface area (Å²) in [6.45, 7) is -1.21. The predicted octanol–water partition coefficient (Wildman–Crippen LogP) is 3.64. The highest BCUT2D eigenvalue weighted by atomic mass is 32.2. The topological polar surface area (TPSA) is 110 Å². The number of nitrogens with zero attached hydrogens (tertiary/aromatic N) is 1. The molecule has 0 radical (unpaired) electrons. The molecule has 0 amide bonds. The second-order valence-corrected chi connectivity index (χ2v) is 9.16. The quantitative estimate of drug-likeness (QED) is 0.477. The Bertz CT molecular complexity index is 1280. The molecule has 3 aromatic rings. The van der Waals surface area contributed by atoms with E-state index >= 15 is 0 Å². The summed E-state index contributed by atoms with van der Waals surface area (Å²) in [5.74, 6) is -3.67. The van der Waals surface area contributed by atoms with Crippen LogP contribution in [0.1, 0.15) is 5.56 Å². The molecule has 0 spiro atoms. The lowest BCUT2D eigenvalue weighted by molar-refractivity contribution is -0.139. The Morgan fingerprint density at radius 2 is 1.70 bits per heavy atom. The van der Waals surface area contributed by atoms with Crippen LogP contribution in [0.4, 0.5) is 18.9 Å². The van der Waals surface area contributed by atoms with Gasteiger partial charge in [0.25, 0.3) is 0 Å². The fourth-order valence-corrected chi connectivity index (χ4v) is 4.23. The van der Waals surface area contributed by atoms with Crippen LogP contribution in [0.5, 0.6) is 5.75 Å². The summed E-state index contributed by atoms with van der Waals surface area (Å²) in [7, 11) is -2.87. The molecule has 3 N–H and O–H groups in total. The van der Waals surface area contributed by atoms with Crippen molar-refractivity contribution in [1.82, 2.24) is 4.31 Å². The molecule has 0 saturated carbocycles. The molecule has 0 atom stereocenters. The third-order valence-corrected chi connectivity index (χ3v) is 6.46. The molecule has 0 fully saturated rings. The zero-order valence-electron chi connectivity index (χ0n) is 17.3. The largest absolute Gasteiger partial charge is 0.481 e. The lowest BCUT2D eigenvalue weighted by atomic mass is 10.0. The lowest BCUT2D eigenvalue weighted by Gasteiger charge is -2.19. The molecule has 0 unspecified atom stereocenters. The summed E-state index contributed by atoms with van der Waals surface area (Å²) in [4.78, 5) is 10.7. The Morgan fingerprint density at radius 1 is 1.03 bits per heavy atom. The van der Waals surface area contributed by atoms with Crippen molar-refractivity contribution in [3.05, 3.63) is 77.6 Å². The van der Waals surface area contributed by atoms with E-state index in [-0.39, 0.29) is 33.0 Å². The van der Waals surface area contributed by atoms with Gasteiger partial charge < -0.3 is 15.6 Å². The number of rotatable bonds is 8. The van der Waals surface area contributed by atoms with E-state index in [2.05, 4.69) is 0 Å². The van der Waals surface area contributed by atoms with Crippen molar-refractivity contribution in [2.45, 2.75) is 11.4 Å². The second kappa shape index (κ2) is 9.51. The number of nitrogens with two attached hydrogens (primary N) is 1. The van der Waals surface area contributed by atoms with Crippen LogP contribution in [0, 0.1) is 17.5 Å². The van der Waals surface area contributed by atoms with Crippen molar-refractivity contribution >= 4 is 21.7 Å². The molecule has 0 aromatic heterocycles. The number of benzene rings is 3. The number of carboxylic acid groups (broad SMARTS) is 1. The molecular formula is C22H19F3N2O5S. The second-order valence-electron chi connectivity index (χ2n) is 7.11. The first kappa shape index (κ1) is 24.1. The number of sulfonamides is 1. The minimum atomic E-state index is -4.08. The maximum Gasteiger partial charge on any atom is 0.341 e.